The Morgan fingerprint density at radius 1 is 1.17 bits per heavy atom. The molecule has 0 aliphatic carbocycles. The number of carbonyl (C=O) groups excluding carboxylic acids is 2. The third-order valence-corrected chi connectivity index (χ3v) is 3.48. The maximum Gasteiger partial charge on any atom is 0.349 e. The Balaban J connectivity index is 2.58. The van der Waals surface area contributed by atoms with Crippen LogP contribution in [0.15, 0.2) is 30.3 Å². The number of hydrogen-bond acceptors (Lipinski definition) is 4. The standard InChI is InChI=1S/C17H24N2O5/c1-12(2)7-6-10-15(20)19(24)17(23)18-14(16(21)22)11-13-8-4-3-5-9-13/h3-5,8-9,12,14,24H,6-7,10-11H2,1-2H3,(H,18,23)(H,21,22)/t14-/m1/s1. The van der Waals surface area contributed by atoms with Gasteiger partial charge in [0.2, 0.25) is 0 Å². The van der Waals surface area contributed by atoms with Gasteiger partial charge in [-0.25, -0.2) is 9.59 Å². The summed E-state index contributed by atoms with van der Waals surface area (Å²) in [4.78, 5) is 34.9. The Labute approximate surface area is 141 Å². The second kappa shape index (κ2) is 9.67. The van der Waals surface area contributed by atoms with Crippen LogP contribution in [0.4, 0.5) is 4.79 Å². The van der Waals surface area contributed by atoms with Gasteiger partial charge >= 0.3 is 12.0 Å². The smallest absolute Gasteiger partial charge is 0.349 e. The predicted octanol–water partition coefficient (Wildman–Crippen LogP) is 2.44. The Hall–Kier alpha value is -2.41. The molecule has 0 aliphatic rings. The van der Waals surface area contributed by atoms with E-state index < -0.39 is 23.9 Å². The van der Waals surface area contributed by atoms with Crippen molar-refractivity contribution in [1.29, 1.82) is 0 Å². The van der Waals surface area contributed by atoms with Gasteiger partial charge in [0.05, 0.1) is 0 Å². The van der Waals surface area contributed by atoms with Crippen molar-refractivity contribution in [1.82, 2.24) is 10.4 Å². The van der Waals surface area contributed by atoms with E-state index in [2.05, 4.69) is 5.32 Å². The molecule has 1 aromatic rings. The number of aliphatic carboxylic acids is 1. The summed E-state index contributed by atoms with van der Waals surface area (Å²) in [6, 6.07) is 6.40. The fourth-order valence-electron chi connectivity index (χ4n) is 2.14. The average Bonchev–Trinajstić information content (AvgIpc) is 2.53. The van der Waals surface area contributed by atoms with Gasteiger partial charge in [-0.1, -0.05) is 50.6 Å². The first-order valence-corrected chi connectivity index (χ1v) is 7.90. The zero-order chi connectivity index (χ0) is 18.1. The SMILES string of the molecule is CC(C)CCCC(=O)N(O)C(=O)N[C@H](Cc1ccccc1)C(=O)O. The van der Waals surface area contributed by atoms with Crippen LogP contribution in [0.5, 0.6) is 0 Å². The molecule has 0 fully saturated rings. The lowest BCUT2D eigenvalue weighted by molar-refractivity contribution is -0.153. The number of rotatable bonds is 8. The molecule has 0 radical (unpaired) electrons. The molecular weight excluding hydrogens is 312 g/mol. The summed E-state index contributed by atoms with van der Waals surface area (Å²) in [6.07, 6.45) is 1.43. The Bertz CT molecular complexity index is 559. The topological polar surface area (TPSA) is 107 Å². The summed E-state index contributed by atoms with van der Waals surface area (Å²) in [5.74, 6) is -1.58. The van der Waals surface area contributed by atoms with E-state index in [4.69, 9.17) is 0 Å². The van der Waals surface area contributed by atoms with Crippen molar-refractivity contribution in [3.63, 3.8) is 0 Å². The number of carboxylic acid groups (broad SMARTS) is 1. The fraction of sp³-hybridized carbons (Fsp3) is 0.471. The molecule has 3 amide bonds. The summed E-state index contributed by atoms with van der Waals surface area (Å²) in [7, 11) is 0. The van der Waals surface area contributed by atoms with E-state index in [0.29, 0.717) is 12.3 Å². The lowest BCUT2D eigenvalue weighted by Gasteiger charge is -2.19. The summed E-state index contributed by atoms with van der Waals surface area (Å²) in [5.41, 5.74) is 0.720. The number of hydrogen-bond donors (Lipinski definition) is 3. The van der Waals surface area contributed by atoms with Gasteiger partial charge in [0.25, 0.3) is 5.91 Å². The number of imide groups is 1. The summed E-state index contributed by atoms with van der Waals surface area (Å²) in [6.45, 7) is 4.02. The maximum atomic E-state index is 11.9. The lowest BCUT2D eigenvalue weighted by atomic mass is 10.1. The highest BCUT2D eigenvalue weighted by Crippen LogP contribution is 2.08. The van der Waals surface area contributed by atoms with E-state index >= 15 is 0 Å². The number of nitrogens with zero attached hydrogens (tertiary/aromatic N) is 1. The largest absolute Gasteiger partial charge is 0.480 e. The monoisotopic (exact) mass is 336 g/mol. The second-order valence-corrected chi connectivity index (χ2v) is 6.02. The van der Waals surface area contributed by atoms with Crippen LogP contribution in [0.25, 0.3) is 0 Å². The van der Waals surface area contributed by atoms with Crippen LogP contribution in [0.3, 0.4) is 0 Å². The summed E-state index contributed by atoms with van der Waals surface area (Å²) < 4.78 is 0. The Morgan fingerprint density at radius 3 is 2.33 bits per heavy atom. The van der Waals surface area contributed by atoms with Gasteiger partial charge in [-0.05, 0) is 17.9 Å². The van der Waals surface area contributed by atoms with E-state index in [-0.39, 0.29) is 17.9 Å². The van der Waals surface area contributed by atoms with Crippen molar-refractivity contribution in [2.45, 2.75) is 45.6 Å². The predicted molar refractivity (Wildman–Crippen MR) is 87.4 cm³/mol. The average molecular weight is 336 g/mol. The van der Waals surface area contributed by atoms with Gasteiger partial charge in [0.1, 0.15) is 6.04 Å². The molecule has 0 saturated carbocycles. The highest BCUT2D eigenvalue weighted by molar-refractivity contribution is 5.94. The number of carboxylic acids is 1. The van der Waals surface area contributed by atoms with Gasteiger partial charge in [-0.2, -0.15) is 0 Å². The number of hydroxylamine groups is 2. The molecule has 7 heteroatoms. The lowest BCUT2D eigenvalue weighted by Crippen LogP contribution is -2.49. The summed E-state index contributed by atoms with van der Waals surface area (Å²) >= 11 is 0. The number of urea groups is 1. The van der Waals surface area contributed by atoms with Crippen LogP contribution >= 0.6 is 0 Å². The van der Waals surface area contributed by atoms with Crippen LogP contribution in [-0.4, -0.2) is 39.3 Å². The molecule has 1 aromatic carbocycles. The van der Waals surface area contributed by atoms with Crippen molar-refractivity contribution < 1.29 is 24.7 Å². The molecular formula is C17H24N2O5. The van der Waals surface area contributed by atoms with Gasteiger partial charge in [0.15, 0.2) is 0 Å². The molecule has 3 N–H and O–H groups in total. The van der Waals surface area contributed by atoms with Crippen molar-refractivity contribution in [2.24, 2.45) is 5.92 Å². The zero-order valence-corrected chi connectivity index (χ0v) is 13.9. The van der Waals surface area contributed by atoms with E-state index in [1.807, 2.05) is 13.8 Å². The maximum absolute atomic E-state index is 11.9. The van der Waals surface area contributed by atoms with Crippen molar-refractivity contribution in [3.05, 3.63) is 35.9 Å². The van der Waals surface area contributed by atoms with Crippen LogP contribution in [0.1, 0.15) is 38.7 Å². The van der Waals surface area contributed by atoms with Gasteiger partial charge in [-0.3, -0.25) is 10.0 Å². The van der Waals surface area contributed by atoms with Gasteiger partial charge < -0.3 is 10.4 Å². The minimum Gasteiger partial charge on any atom is -0.480 e. The Morgan fingerprint density at radius 2 is 1.79 bits per heavy atom. The quantitative estimate of drug-likeness (QED) is 0.499. The molecule has 132 valence electrons. The number of nitrogens with one attached hydrogen (secondary N) is 1. The molecule has 24 heavy (non-hydrogen) atoms. The first-order valence-electron chi connectivity index (χ1n) is 7.90. The highest BCUT2D eigenvalue weighted by Gasteiger charge is 2.26. The normalized spacial score (nSPS) is 11.8. The molecule has 0 bridgehead atoms. The molecule has 7 nitrogen and oxygen atoms in total. The summed E-state index contributed by atoms with van der Waals surface area (Å²) in [5, 5.41) is 21.0. The first kappa shape index (κ1) is 19.6. The van der Waals surface area contributed by atoms with Gasteiger partial charge in [-0.15, -0.1) is 5.06 Å². The molecule has 0 aromatic heterocycles. The zero-order valence-electron chi connectivity index (χ0n) is 13.9. The minimum atomic E-state index is -1.24. The number of amides is 3. The fourth-order valence-corrected chi connectivity index (χ4v) is 2.14. The van der Waals surface area contributed by atoms with E-state index in [1.165, 1.54) is 0 Å². The molecule has 0 unspecified atom stereocenters. The van der Waals surface area contributed by atoms with Crippen LogP contribution in [-0.2, 0) is 16.0 Å². The molecule has 1 rings (SSSR count). The second-order valence-electron chi connectivity index (χ2n) is 6.02. The highest BCUT2D eigenvalue weighted by atomic mass is 16.5. The molecule has 0 saturated heterocycles. The van der Waals surface area contributed by atoms with Gasteiger partial charge in [0, 0.05) is 12.8 Å². The number of carbonyl (C=O) groups is 3. The minimum absolute atomic E-state index is 0.0263. The van der Waals surface area contributed by atoms with Crippen LogP contribution in [0.2, 0.25) is 0 Å². The Kier molecular flexibility index (Phi) is 7.91. The third-order valence-electron chi connectivity index (χ3n) is 3.48. The van der Waals surface area contributed by atoms with E-state index in [0.717, 1.165) is 12.0 Å². The number of benzene rings is 1. The molecule has 0 aliphatic heterocycles. The molecule has 0 heterocycles. The molecule has 1 atom stereocenters. The first-order chi connectivity index (χ1) is 11.3. The third kappa shape index (κ3) is 6.78. The van der Waals surface area contributed by atoms with Crippen LogP contribution in [0, 0.1) is 5.92 Å². The van der Waals surface area contributed by atoms with E-state index in [1.54, 1.807) is 30.3 Å². The van der Waals surface area contributed by atoms with Crippen molar-refractivity contribution in [2.75, 3.05) is 0 Å². The van der Waals surface area contributed by atoms with Crippen molar-refractivity contribution in [3.8, 4) is 0 Å². The molecule has 0 spiro atoms. The van der Waals surface area contributed by atoms with E-state index in [9.17, 15) is 24.7 Å². The van der Waals surface area contributed by atoms with Crippen LogP contribution < -0.4 is 5.32 Å². The van der Waals surface area contributed by atoms with Crippen molar-refractivity contribution >= 4 is 17.9 Å².